The van der Waals surface area contributed by atoms with Gasteiger partial charge in [-0.15, -0.1) is 0 Å². The third kappa shape index (κ3) is 1.94. The molecule has 1 aromatic rings. The fraction of sp³-hybridized carbons (Fsp3) is 0.812. The van der Waals surface area contributed by atoms with Gasteiger partial charge in [-0.2, -0.15) is 0 Å². The van der Waals surface area contributed by atoms with Gasteiger partial charge in [0.1, 0.15) is 5.82 Å². The van der Waals surface area contributed by atoms with Crippen LogP contribution in [0.15, 0.2) is 12.4 Å². The SMILES string of the molecule is Cn1ccnc1C(N)CC1C2CC3CC(C2)CC1C3. The zero-order valence-electron chi connectivity index (χ0n) is 11.8. The lowest BCUT2D eigenvalue weighted by atomic mass is 9.51. The van der Waals surface area contributed by atoms with Crippen LogP contribution in [-0.4, -0.2) is 9.55 Å². The minimum absolute atomic E-state index is 0.127. The molecule has 0 aliphatic heterocycles. The van der Waals surface area contributed by atoms with Gasteiger partial charge in [0.05, 0.1) is 6.04 Å². The second kappa shape index (κ2) is 4.34. The van der Waals surface area contributed by atoms with Crippen molar-refractivity contribution in [3.63, 3.8) is 0 Å². The Kier molecular flexibility index (Phi) is 2.73. The number of hydrogen-bond acceptors (Lipinski definition) is 2. The number of imidazole rings is 1. The lowest BCUT2D eigenvalue weighted by Crippen LogP contribution is -2.46. The van der Waals surface area contributed by atoms with E-state index in [9.17, 15) is 0 Å². The van der Waals surface area contributed by atoms with E-state index in [0.29, 0.717) is 0 Å². The zero-order chi connectivity index (χ0) is 13.0. The molecular weight excluding hydrogens is 234 g/mol. The maximum absolute atomic E-state index is 6.44. The van der Waals surface area contributed by atoms with Gasteiger partial charge in [0, 0.05) is 19.4 Å². The molecule has 4 aliphatic rings. The summed E-state index contributed by atoms with van der Waals surface area (Å²) in [4.78, 5) is 4.44. The van der Waals surface area contributed by atoms with Crippen molar-refractivity contribution in [1.29, 1.82) is 0 Å². The first-order valence-corrected chi connectivity index (χ1v) is 7.93. The molecule has 0 aromatic carbocycles. The van der Waals surface area contributed by atoms with E-state index in [2.05, 4.69) is 16.6 Å². The summed E-state index contributed by atoms with van der Waals surface area (Å²) in [6.45, 7) is 0. The summed E-state index contributed by atoms with van der Waals surface area (Å²) >= 11 is 0. The number of hydrogen-bond donors (Lipinski definition) is 1. The number of rotatable bonds is 3. The minimum atomic E-state index is 0.127. The zero-order valence-corrected chi connectivity index (χ0v) is 11.8. The van der Waals surface area contributed by atoms with Crippen molar-refractivity contribution in [2.45, 2.75) is 44.6 Å². The molecule has 4 aliphatic carbocycles. The van der Waals surface area contributed by atoms with Crippen LogP contribution in [0.5, 0.6) is 0 Å². The third-order valence-electron chi connectivity index (χ3n) is 6.14. The van der Waals surface area contributed by atoms with Crippen LogP contribution in [0.1, 0.15) is 50.4 Å². The lowest BCUT2D eigenvalue weighted by Gasteiger charge is -2.55. The third-order valence-corrected chi connectivity index (χ3v) is 6.14. The molecule has 1 atom stereocenters. The van der Waals surface area contributed by atoms with Gasteiger partial charge >= 0.3 is 0 Å². The van der Waals surface area contributed by atoms with Crippen molar-refractivity contribution < 1.29 is 0 Å². The summed E-state index contributed by atoms with van der Waals surface area (Å²) in [6, 6.07) is 0.127. The van der Waals surface area contributed by atoms with Crippen LogP contribution in [0, 0.1) is 29.6 Å². The van der Waals surface area contributed by atoms with E-state index in [1.165, 1.54) is 32.1 Å². The first-order chi connectivity index (χ1) is 9.20. The molecule has 0 saturated heterocycles. The van der Waals surface area contributed by atoms with E-state index < -0.39 is 0 Å². The van der Waals surface area contributed by atoms with Gasteiger partial charge in [0.2, 0.25) is 0 Å². The second-order valence-electron chi connectivity index (χ2n) is 7.33. The average Bonchev–Trinajstić information content (AvgIpc) is 2.79. The molecule has 4 fully saturated rings. The van der Waals surface area contributed by atoms with Gasteiger partial charge in [-0.3, -0.25) is 0 Å². The average molecular weight is 259 g/mol. The first kappa shape index (κ1) is 12.0. The lowest BCUT2D eigenvalue weighted by molar-refractivity contribution is -0.0424. The Morgan fingerprint density at radius 3 is 2.37 bits per heavy atom. The van der Waals surface area contributed by atoms with Crippen molar-refractivity contribution >= 4 is 0 Å². The Bertz CT molecular complexity index is 436. The van der Waals surface area contributed by atoms with Crippen LogP contribution in [0.2, 0.25) is 0 Å². The molecule has 19 heavy (non-hydrogen) atoms. The van der Waals surface area contributed by atoms with Gasteiger partial charge < -0.3 is 10.3 Å². The minimum Gasteiger partial charge on any atom is -0.337 e. The van der Waals surface area contributed by atoms with E-state index >= 15 is 0 Å². The van der Waals surface area contributed by atoms with Crippen LogP contribution < -0.4 is 5.73 Å². The van der Waals surface area contributed by atoms with Crippen LogP contribution >= 0.6 is 0 Å². The van der Waals surface area contributed by atoms with Crippen molar-refractivity contribution in [3.05, 3.63) is 18.2 Å². The number of nitrogens with zero attached hydrogens (tertiary/aromatic N) is 2. The van der Waals surface area contributed by atoms with E-state index in [-0.39, 0.29) is 6.04 Å². The Hall–Kier alpha value is -0.830. The smallest absolute Gasteiger partial charge is 0.125 e. The molecule has 4 bridgehead atoms. The normalized spacial score (nSPS) is 41.7. The maximum Gasteiger partial charge on any atom is 0.125 e. The maximum atomic E-state index is 6.44. The molecule has 1 heterocycles. The summed E-state index contributed by atoms with van der Waals surface area (Å²) < 4.78 is 2.08. The summed E-state index contributed by atoms with van der Waals surface area (Å²) in [6.07, 6.45) is 12.5. The Morgan fingerprint density at radius 2 is 1.84 bits per heavy atom. The van der Waals surface area contributed by atoms with Crippen molar-refractivity contribution in [2.24, 2.45) is 42.4 Å². The highest BCUT2D eigenvalue weighted by molar-refractivity contribution is 5.03. The van der Waals surface area contributed by atoms with E-state index in [0.717, 1.165) is 41.8 Å². The fourth-order valence-corrected chi connectivity index (χ4v) is 5.56. The predicted octanol–water partition coefficient (Wildman–Crippen LogP) is 2.88. The topological polar surface area (TPSA) is 43.8 Å². The molecule has 1 unspecified atom stereocenters. The van der Waals surface area contributed by atoms with Crippen molar-refractivity contribution in [1.82, 2.24) is 9.55 Å². The van der Waals surface area contributed by atoms with Crippen molar-refractivity contribution in [2.75, 3.05) is 0 Å². The van der Waals surface area contributed by atoms with Crippen molar-refractivity contribution in [3.8, 4) is 0 Å². The molecule has 0 spiro atoms. The highest BCUT2D eigenvalue weighted by atomic mass is 15.1. The Labute approximate surface area is 115 Å². The second-order valence-corrected chi connectivity index (χ2v) is 7.33. The van der Waals surface area contributed by atoms with Gasteiger partial charge in [-0.05, 0) is 68.1 Å². The van der Waals surface area contributed by atoms with Gasteiger partial charge in [-0.1, -0.05) is 0 Å². The summed E-state index contributed by atoms with van der Waals surface area (Å²) in [5.41, 5.74) is 6.44. The summed E-state index contributed by atoms with van der Waals surface area (Å²) in [5, 5.41) is 0. The molecule has 4 saturated carbocycles. The van der Waals surface area contributed by atoms with Gasteiger partial charge in [-0.25, -0.2) is 4.98 Å². The summed E-state index contributed by atoms with van der Waals surface area (Å²) in [5.74, 6) is 6.00. The number of aromatic nitrogens is 2. The highest BCUT2D eigenvalue weighted by Crippen LogP contribution is 2.57. The number of aryl methyl sites for hydroxylation is 1. The largest absolute Gasteiger partial charge is 0.337 e. The van der Waals surface area contributed by atoms with Crippen LogP contribution in [-0.2, 0) is 7.05 Å². The van der Waals surface area contributed by atoms with E-state index in [1.807, 2.05) is 12.4 Å². The molecule has 104 valence electrons. The van der Waals surface area contributed by atoms with Gasteiger partial charge in [0.25, 0.3) is 0 Å². The van der Waals surface area contributed by atoms with Gasteiger partial charge in [0.15, 0.2) is 0 Å². The Morgan fingerprint density at radius 1 is 1.21 bits per heavy atom. The molecule has 1 aromatic heterocycles. The molecule has 2 N–H and O–H groups in total. The van der Waals surface area contributed by atoms with E-state index in [1.54, 1.807) is 0 Å². The standard InChI is InChI=1S/C16H25N3/c1-19-3-2-18-16(19)15(17)9-14-12-5-10-4-11(7-12)8-13(14)6-10/h2-3,10-15H,4-9,17H2,1H3. The Balaban J connectivity index is 1.50. The molecular formula is C16H25N3. The molecule has 0 radical (unpaired) electrons. The number of nitrogens with two attached hydrogens (primary N) is 1. The molecule has 5 rings (SSSR count). The predicted molar refractivity (Wildman–Crippen MR) is 75.3 cm³/mol. The highest BCUT2D eigenvalue weighted by Gasteiger charge is 2.48. The first-order valence-electron chi connectivity index (χ1n) is 7.93. The van der Waals surface area contributed by atoms with E-state index in [4.69, 9.17) is 5.73 Å². The molecule has 3 heteroatoms. The van der Waals surface area contributed by atoms with Crippen LogP contribution in [0.4, 0.5) is 0 Å². The van der Waals surface area contributed by atoms with Crippen LogP contribution in [0.3, 0.4) is 0 Å². The quantitative estimate of drug-likeness (QED) is 0.907. The molecule has 0 amide bonds. The van der Waals surface area contributed by atoms with Crippen LogP contribution in [0.25, 0.3) is 0 Å². The summed E-state index contributed by atoms with van der Waals surface area (Å²) in [7, 11) is 2.05. The fourth-order valence-electron chi connectivity index (χ4n) is 5.56. The monoisotopic (exact) mass is 259 g/mol. The molecule has 3 nitrogen and oxygen atoms in total.